The summed E-state index contributed by atoms with van der Waals surface area (Å²) in [7, 11) is 0. The van der Waals surface area contributed by atoms with E-state index >= 15 is 0 Å². The summed E-state index contributed by atoms with van der Waals surface area (Å²) in [5.41, 5.74) is 1.43. The van der Waals surface area contributed by atoms with Crippen LogP contribution in [0, 0.1) is 23.7 Å². The van der Waals surface area contributed by atoms with E-state index < -0.39 is 17.8 Å². The lowest BCUT2D eigenvalue weighted by atomic mass is 9.82. The number of carboxylic acids is 1. The third-order valence-electron chi connectivity index (χ3n) is 4.89. The molecular weight excluding hydrogens is 292 g/mol. The number of rotatable bonds is 3. The van der Waals surface area contributed by atoms with Crippen LogP contribution in [0.1, 0.15) is 6.42 Å². The predicted molar refractivity (Wildman–Crippen MR) is 83.1 cm³/mol. The molecule has 0 spiro atoms. The largest absolute Gasteiger partial charge is 0.550 e. The number of aliphatic carboxylic acids is 1. The summed E-state index contributed by atoms with van der Waals surface area (Å²) in [4.78, 5) is 28.3. The van der Waals surface area contributed by atoms with Crippen LogP contribution in [0.3, 0.4) is 0 Å². The standard InChI is InChI=1S/C18H16N2O3/c21-17(15-11-5-6-12(7-11)16(15)18(22)23)20-13-8-10-3-1-2-4-14(10)19-9-13/h1-6,8-9,11-12,15-16H,7H2,(H,20,21)(H,22,23)/p-1/t11-,12-,15-,16-/m0/s1. The summed E-state index contributed by atoms with van der Waals surface area (Å²) in [6.45, 7) is 0. The van der Waals surface area contributed by atoms with Crippen molar-refractivity contribution >= 4 is 28.5 Å². The minimum absolute atomic E-state index is 0.0173. The lowest BCUT2D eigenvalue weighted by Gasteiger charge is -2.27. The number of anilines is 1. The summed E-state index contributed by atoms with van der Waals surface area (Å²) in [5, 5.41) is 15.1. The van der Waals surface area contributed by atoms with Crippen molar-refractivity contribution < 1.29 is 14.7 Å². The van der Waals surface area contributed by atoms with Gasteiger partial charge in [-0.15, -0.1) is 0 Å². The van der Waals surface area contributed by atoms with Crippen molar-refractivity contribution in [1.29, 1.82) is 0 Å². The second kappa shape index (κ2) is 5.19. The first-order valence-electron chi connectivity index (χ1n) is 7.68. The van der Waals surface area contributed by atoms with Gasteiger partial charge in [0.25, 0.3) is 0 Å². The van der Waals surface area contributed by atoms with Gasteiger partial charge >= 0.3 is 0 Å². The number of benzene rings is 1. The lowest BCUT2D eigenvalue weighted by Crippen LogP contribution is -2.42. The highest BCUT2D eigenvalue weighted by Gasteiger charge is 2.48. The molecule has 2 bridgehead atoms. The van der Waals surface area contributed by atoms with Crippen LogP contribution < -0.4 is 10.4 Å². The zero-order chi connectivity index (χ0) is 16.0. The van der Waals surface area contributed by atoms with Crippen LogP contribution >= 0.6 is 0 Å². The Hall–Kier alpha value is -2.69. The van der Waals surface area contributed by atoms with Crippen molar-refractivity contribution in [3.8, 4) is 0 Å². The normalized spacial score (nSPS) is 28.2. The fraction of sp³-hybridized carbons (Fsp3) is 0.278. The van der Waals surface area contributed by atoms with Crippen molar-refractivity contribution in [2.75, 3.05) is 5.32 Å². The second-order valence-electron chi connectivity index (χ2n) is 6.22. The van der Waals surface area contributed by atoms with Crippen LogP contribution in [0.5, 0.6) is 0 Å². The molecule has 1 N–H and O–H groups in total. The van der Waals surface area contributed by atoms with Crippen molar-refractivity contribution in [2.45, 2.75) is 6.42 Å². The number of hydrogen-bond donors (Lipinski definition) is 1. The quantitative estimate of drug-likeness (QED) is 0.868. The number of nitrogens with one attached hydrogen (secondary N) is 1. The van der Waals surface area contributed by atoms with E-state index in [2.05, 4.69) is 10.3 Å². The Morgan fingerprint density at radius 3 is 2.65 bits per heavy atom. The van der Waals surface area contributed by atoms with Crippen LogP contribution in [0.25, 0.3) is 10.9 Å². The van der Waals surface area contributed by atoms with Gasteiger partial charge in [-0.25, -0.2) is 0 Å². The first kappa shape index (κ1) is 13.9. The zero-order valence-electron chi connectivity index (χ0n) is 12.3. The molecule has 2 aromatic rings. The number of carboxylic acid groups (broad SMARTS) is 1. The predicted octanol–water partition coefficient (Wildman–Crippen LogP) is 1.36. The van der Waals surface area contributed by atoms with Crippen LogP contribution in [-0.4, -0.2) is 16.9 Å². The summed E-state index contributed by atoms with van der Waals surface area (Å²) in [5.74, 6) is -2.82. The molecule has 0 radical (unpaired) electrons. The fourth-order valence-electron chi connectivity index (χ4n) is 3.87. The highest BCUT2D eigenvalue weighted by atomic mass is 16.4. The van der Waals surface area contributed by atoms with Crippen molar-refractivity contribution in [3.05, 3.63) is 48.7 Å². The SMILES string of the molecule is O=C([O-])[C@@H]1[C@@H](C(=O)Nc2cnc3ccccc3c2)[C@H]2C=C[C@H]1C2. The van der Waals surface area contributed by atoms with Crippen molar-refractivity contribution in [1.82, 2.24) is 4.98 Å². The fourth-order valence-corrected chi connectivity index (χ4v) is 3.87. The Bertz CT molecular complexity index is 830. The maximum atomic E-state index is 12.6. The number of nitrogens with zero attached hydrogens (tertiary/aromatic N) is 1. The Kier molecular flexibility index (Phi) is 3.15. The van der Waals surface area contributed by atoms with E-state index in [1.165, 1.54) is 0 Å². The van der Waals surface area contributed by atoms with E-state index in [0.29, 0.717) is 12.1 Å². The molecule has 2 aliphatic carbocycles. The number of carbonyl (C=O) groups is 2. The average Bonchev–Trinajstić information content (AvgIpc) is 3.15. The summed E-state index contributed by atoms with van der Waals surface area (Å²) in [6, 6.07) is 9.47. The summed E-state index contributed by atoms with van der Waals surface area (Å²) >= 11 is 0. The van der Waals surface area contributed by atoms with Gasteiger partial charge in [-0.2, -0.15) is 0 Å². The minimum Gasteiger partial charge on any atom is -0.550 e. The van der Waals surface area contributed by atoms with E-state index in [0.717, 1.165) is 10.9 Å². The molecule has 1 aromatic carbocycles. The number of fused-ring (bicyclic) bond motifs is 3. The first-order valence-corrected chi connectivity index (χ1v) is 7.68. The van der Waals surface area contributed by atoms with Gasteiger partial charge in [-0.3, -0.25) is 9.78 Å². The monoisotopic (exact) mass is 307 g/mol. The zero-order valence-corrected chi connectivity index (χ0v) is 12.3. The van der Waals surface area contributed by atoms with Gasteiger partial charge in [0.2, 0.25) is 5.91 Å². The maximum Gasteiger partial charge on any atom is 0.228 e. The van der Waals surface area contributed by atoms with E-state index in [1.807, 2.05) is 42.5 Å². The van der Waals surface area contributed by atoms with E-state index in [9.17, 15) is 14.7 Å². The molecule has 116 valence electrons. The van der Waals surface area contributed by atoms with Gasteiger partial charge in [0.15, 0.2) is 0 Å². The van der Waals surface area contributed by atoms with Crippen molar-refractivity contribution in [2.24, 2.45) is 23.7 Å². The molecule has 0 saturated heterocycles. The minimum atomic E-state index is -1.14. The Labute approximate surface area is 133 Å². The van der Waals surface area contributed by atoms with Gasteiger partial charge in [0.05, 0.1) is 23.3 Å². The molecule has 1 fully saturated rings. The molecule has 5 nitrogen and oxygen atoms in total. The third-order valence-corrected chi connectivity index (χ3v) is 4.89. The number of hydrogen-bond acceptors (Lipinski definition) is 4. The Morgan fingerprint density at radius 1 is 1.13 bits per heavy atom. The molecule has 2 aliphatic rings. The first-order chi connectivity index (χ1) is 11.1. The smallest absolute Gasteiger partial charge is 0.228 e. The molecule has 23 heavy (non-hydrogen) atoms. The third kappa shape index (κ3) is 2.29. The van der Waals surface area contributed by atoms with Crippen LogP contribution in [0.2, 0.25) is 0 Å². The molecule has 5 heteroatoms. The molecule has 4 atom stereocenters. The van der Waals surface area contributed by atoms with Gasteiger partial charge in [0, 0.05) is 17.3 Å². The number of amides is 1. The Morgan fingerprint density at radius 2 is 1.87 bits per heavy atom. The average molecular weight is 307 g/mol. The number of allylic oxidation sites excluding steroid dienone is 2. The topological polar surface area (TPSA) is 82.1 Å². The highest BCUT2D eigenvalue weighted by Crippen LogP contribution is 2.48. The van der Waals surface area contributed by atoms with Crippen LogP contribution in [-0.2, 0) is 9.59 Å². The van der Waals surface area contributed by atoms with Gasteiger partial charge in [-0.1, -0.05) is 30.4 Å². The van der Waals surface area contributed by atoms with Crippen molar-refractivity contribution in [3.63, 3.8) is 0 Å². The number of pyridine rings is 1. The Balaban J connectivity index is 1.59. The highest BCUT2D eigenvalue weighted by molar-refractivity contribution is 5.97. The second-order valence-corrected chi connectivity index (χ2v) is 6.22. The number of para-hydroxylation sites is 1. The molecule has 1 heterocycles. The molecule has 1 aromatic heterocycles. The molecular formula is C18H15N2O3-. The van der Waals surface area contributed by atoms with E-state index in [4.69, 9.17) is 0 Å². The van der Waals surface area contributed by atoms with Gasteiger partial charge < -0.3 is 15.2 Å². The van der Waals surface area contributed by atoms with Gasteiger partial charge in [-0.05, 0) is 30.4 Å². The molecule has 1 amide bonds. The molecule has 0 aliphatic heterocycles. The van der Waals surface area contributed by atoms with E-state index in [1.54, 1.807) is 6.20 Å². The molecule has 1 saturated carbocycles. The lowest BCUT2D eigenvalue weighted by molar-refractivity contribution is -0.313. The molecule has 4 rings (SSSR count). The van der Waals surface area contributed by atoms with Crippen LogP contribution in [0.4, 0.5) is 5.69 Å². The maximum absolute atomic E-state index is 12.6. The van der Waals surface area contributed by atoms with Crippen LogP contribution in [0.15, 0.2) is 48.7 Å². The van der Waals surface area contributed by atoms with Gasteiger partial charge in [0.1, 0.15) is 0 Å². The molecule has 0 unspecified atom stereocenters. The van der Waals surface area contributed by atoms with E-state index in [-0.39, 0.29) is 17.7 Å². The number of aromatic nitrogens is 1. The summed E-state index contributed by atoms with van der Waals surface area (Å²) < 4.78 is 0. The summed E-state index contributed by atoms with van der Waals surface area (Å²) in [6.07, 6.45) is 6.16. The number of carbonyl (C=O) groups excluding carboxylic acids is 2.